The van der Waals surface area contributed by atoms with Crippen LogP contribution in [0.25, 0.3) is 0 Å². The van der Waals surface area contributed by atoms with Gasteiger partial charge < -0.3 is 0 Å². The van der Waals surface area contributed by atoms with Gasteiger partial charge in [0.05, 0.1) is 0 Å². The van der Waals surface area contributed by atoms with Gasteiger partial charge in [0.1, 0.15) is 0 Å². The van der Waals surface area contributed by atoms with Gasteiger partial charge in [0.25, 0.3) is 0 Å². The van der Waals surface area contributed by atoms with E-state index >= 15 is 0 Å². The molecule has 0 radical (unpaired) electrons. The monoisotopic (exact) mass is 402 g/mol. The average Bonchev–Trinajstić information content (AvgIpc) is 2.77. The summed E-state index contributed by atoms with van der Waals surface area (Å²) in [5, 5.41) is 4.25. The standard InChI is InChI=1S/C26H27PS/c1-3-4-20-26(28)22(2)21-27(23-14-8-5-9-15-23,24-16-10-6-11-17-24)25-18-12-7-13-19-25/h3-20,27-28H,1,21H2,2H3/b20-4-,26-22-. The fraction of sp³-hybridized carbons (Fsp3) is 0.0769. The van der Waals surface area contributed by atoms with Crippen LogP contribution in [0.2, 0.25) is 0 Å². The van der Waals surface area contributed by atoms with Crippen LogP contribution in [0, 0.1) is 0 Å². The summed E-state index contributed by atoms with van der Waals surface area (Å²) in [6.45, 7) is 5.98. The van der Waals surface area contributed by atoms with Gasteiger partial charge in [-0.15, -0.1) is 0 Å². The predicted molar refractivity (Wildman–Crippen MR) is 132 cm³/mol. The van der Waals surface area contributed by atoms with Crippen LogP contribution in [0.4, 0.5) is 0 Å². The van der Waals surface area contributed by atoms with Gasteiger partial charge in [-0.05, 0) is 0 Å². The fourth-order valence-corrected chi connectivity index (χ4v) is 8.96. The van der Waals surface area contributed by atoms with Crippen molar-refractivity contribution in [2.24, 2.45) is 0 Å². The predicted octanol–water partition coefficient (Wildman–Crippen LogP) is 5.66. The quantitative estimate of drug-likeness (QED) is 0.294. The zero-order valence-corrected chi connectivity index (χ0v) is 18.1. The molecule has 0 aliphatic carbocycles. The average molecular weight is 403 g/mol. The number of rotatable bonds is 7. The second-order valence-corrected chi connectivity index (χ2v) is 11.3. The van der Waals surface area contributed by atoms with Crippen LogP contribution in [0.5, 0.6) is 0 Å². The minimum atomic E-state index is -2.26. The molecule has 0 saturated carbocycles. The van der Waals surface area contributed by atoms with Crippen molar-refractivity contribution in [1.29, 1.82) is 0 Å². The van der Waals surface area contributed by atoms with Gasteiger partial charge in [-0.1, -0.05) is 0 Å². The van der Waals surface area contributed by atoms with Crippen molar-refractivity contribution < 1.29 is 0 Å². The van der Waals surface area contributed by atoms with E-state index in [1.807, 2.05) is 12.2 Å². The molecule has 2 heteroatoms. The Morgan fingerprint density at radius 1 is 0.786 bits per heavy atom. The number of thiol groups is 1. The maximum atomic E-state index is 4.78. The van der Waals surface area contributed by atoms with E-state index in [1.165, 1.54) is 21.5 Å². The van der Waals surface area contributed by atoms with Crippen LogP contribution in [0.15, 0.2) is 126 Å². The molecule has 3 rings (SSSR count). The Kier molecular flexibility index (Phi) is 7.09. The van der Waals surface area contributed by atoms with E-state index in [9.17, 15) is 0 Å². The zero-order chi connectivity index (χ0) is 19.8. The van der Waals surface area contributed by atoms with Crippen LogP contribution < -0.4 is 15.9 Å². The minimum absolute atomic E-state index is 0.978. The Morgan fingerprint density at radius 3 is 1.54 bits per heavy atom. The summed E-state index contributed by atoms with van der Waals surface area (Å²) in [7, 11) is -2.26. The van der Waals surface area contributed by atoms with Crippen molar-refractivity contribution in [3.63, 3.8) is 0 Å². The Balaban J connectivity index is 2.28. The summed E-state index contributed by atoms with van der Waals surface area (Å²) in [4.78, 5) is 1.01. The first kappa shape index (κ1) is 20.4. The van der Waals surface area contributed by atoms with Crippen LogP contribution in [0.1, 0.15) is 6.92 Å². The number of allylic oxidation sites excluding steroid dienone is 4. The Bertz CT molecular complexity index is 860. The molecule has 0 N–H and O–H groups in total. The molecule has 3 aromatic rings. The second-order valence-electron chi connectivity index (χ2n) is 6.94. The third-order valence-electron chi connectivity index (χ3n) is 5.16. The van der Waals surface area contributed by atoms with E-state index in [2.05, 4.69) is 104 Å². The van der Waals surface area contributed by atoms with Gasteiger partial charge in [-0.25, -0.2) is 0 Å². The van der Waals surface area contributed by atoms with E-state index in [1.54, 1.807) is 6.08 Å². The van der Waals surface area contributed by atoms with Crippen LogP contribution in [-0.2, 0) is 0 Å². The van der Waals surface area contributed by atoms with E-state index in [4.69, 9.17) is 12.6 Å². The summed E-state index contributed by atoms with van der Waals surface area (Å²) in [6, 6.07) is 32.9. The van der Waals surface area contributed by atoms with Gasteiger partial charge in [-0.2, -0.15) is 0 Å². The fourth-order valence-electron chi connectivity index (χ4n) is 3.76. The third kappa shape index (κ3) is 4.38. The van der Waals surface area contributed by atoms with Crippen molar-refractivity contribution >= 4 is 35.8 Å². The van der Waals surface area contributed by atoms with Crippen molar-refractivity contribution in [3.8, 4) is 0 Å². The molecule has 28 heavy (non-hydrogen) atoms. The molecule has 0 heterocycles. The molecule has 0 aromatic heterocycles. The molecule has 0 atom stereocenters. The summed E-state index contributed by atoms with van der Waals surface area (Å²) >= 11 is 4.78. The maximum absolute atomic E-state index is 4.78. The van der Waals surface area contributed by atoms with Crippen molar-refractivity contribution in [2.45, 2.75) is 6.92 Å². The van der Waals surface area contributed by atoms with Crippen LogP contribution in [-0.4, -0.2) is 6.16 Å². The first-order chi connectivity index (χ1) is 13.7. The first-order valence-corrected chi connectivity index (χ1v) is 12.2. The van der Waals surface area contributed by atoms with Crippen LogP contribution in [0.3, 0.4) is 0 Å². The number of hydrogen-bond donors (Lipinski definition) is 1. The Labute approximate surface area is 175 Å². The molecule has 0 fully saturated rings. The molecule has 0 aliphatic rings. The second kappa shape index (κ2) is 9.73. The van der Waals surface area contributed by atoms with Gasteiger partial charge in [-0.3, -0.25) is 0 Å². The SMILES string of the molecule is C=C/C=C\C(S)=C(/C)C[PH](c1ccccc1)(c1ccccc1)c1ccccc1. The van der Waals surface area contributed by atoms with E-state index < -0.39 is 7.26 Å². The molecule has 142 valence electrons. The van der Waals surface area contributed by atoms with Crippen LogP contribution >= 0.6 is 19.9 Å². The molecule has 0 spiro atoms. The van der Waals surface area contributed by atoms with Gasteiger partial charge >= 0.3 is 175 Å². The molecular weight excluding hydrogens is 375 g/mol. The molecule has 3 aromatic carbocycles. The summed E-state index contributed by atoms with van der Waals surface area (Å²) in [5.74, 6) is 0. The summed E-state index contributed by atoms with van der Waals surface area (Å²) < 4.78 is 0. The Hall–Kier alpha value is -2.34. The summed E-state index contributed by atoms with van der Waals surface area (Å²) in [6.07, 6.45) is 6.75. The number of hydrogen-bond acceptors (Lipinski definition) is 1. The van der Waals surface area contributed by atoms with E-state index in [0.29, 0.717) is 0 Å². The topological polar surface area (TPSA) is 0 Å². The van der Waals surface area contributed by atoms with E-state index in [-0.39, 0.29) is 0 Å². The molecule has 0 amide bonds. The van der Waals surface area contributed by atoms with Crippen molar-refractivity contribution in [2.75, 3.05) is 6.16 Å². The molecule has 0 unspecified atom stereocenters. The first-order valence-electron chi connectivity index (χ1n) is 9.53. The molecular formula is C26H27PS. The number of benzene rings is 3. The molecule has 0 bridgehead atoms. The zero-order valence-electron chi connectivity index (χ0n) is 16.3. The van der Waals surface area contributed by atoms with E-state index in [0.717, 1.165) is 11.1 Å². The Morgan fingerprint density at radius 2 is 1.18 bits per heavy atom. The normalized spacial score (nSPS) is 13.2. The summed E-state index contributed by atoms with van der Waals surface area (Å²) in [5.41, 5.74) is 1.30. The van der Waals surface area contributed by atoms with Gasteiger partial charge in [0, 0.05) is 0 Å². The van der Waals surface area contributed by atoms with Gasteiger partial charge in [0.2, 0.25) is 0 Å². The van der Waals surface area contributed by atoms with Crippen molar-refractivity contribution in [3.05, 3.63) is 126 Å². The van der Waals surface area contributed by atoms with Gasteiger partial charge in [0.15, 0.2) is 0 Å². The molecule has 0 saturated heterocycles. The molecule has 0 nitrogen and oxygen atoms in total. The molecule has 0 aliphatic heterocycles. The van der Waals surface area contributed by atoms with Crippen molar-refractivity contribution in [1.82, 2.24) is 0 Å². The third-order valence-corrected chi connectivity index (χ3v) is 10.7.